The third-order valence-electron chi connectivity index (χ3n) is 3.01. The molecule has 0 saturated heterocycles. The predicted molar refractivity (Wildman–Crippen MR) is 72.5 cm³/mol. The van der Waals surface area contributed by atoms with Crippen molar-refractivity contribution < 1.29 is 9.26 Å². The summed E-state index contributed by atoms with van der Waals surface area (Å²) in [5.41, 5.74) is 8.16. The number of rotatable bonds is 6. The Morgan fingerprint density at radius 1 is 1.32 bits per heavy atom. The van der Waals surface area contributed by atoms with Gasteiger partial charge in [-0.1, -0.05) is 36.3 Å². The topological polar surface area (TPSA) is 74.2 Å². The van der Waals surface area contributed by atoms with Gasteiger partial charge in [0.15, 0.2) is 0 Å². The average Bonchev–Trinajstić information content (AvgIpc) is 2.94. The molecule has 1 aromatic heterocycles. The summed E-state index contributed by atoms with van der Waals surface area (Å²) in [5, 5.41) is 3.96. The summed E-state index contributed by atoms with van der Waals surface area (Å²) in [5.74, 6) is 1.03. The molecular weight excluding hydrogens is 242 g/mol. The third-order valence-corrected chi connectivity index (χ3v) is 3.01. The Kier molecular flexibility index (Phi) is 4.65. The lowest BCUT2D eigenvalue weighted by atomic mass is 10.1. The lowest BCUT2D eigenvalue weighted by Gasteiger charge is -2.04. The van der Waals surface area contributed by atoms with E-state index in [9.17, 15) is 0 Å². The van der Waals surface area contributed by atoms with E-state index in [0.717, 1.165) is 12.0 Å². The van der Waals surface area contributed by atoms with Gasteiger partial charge < -0.3 is 15.0 Å². The van der Waals surface area contributed by atoms with Gasteiger partial charge in [-0.25, -0.2) is 0 Å². The monoisotopic (exact) mass is 261 g/mol. The molecule has 2 aromatic rings. The maximum Gasteiger partial charge on any atom is 0.243 e. The molecule has 1 heterocycles. The Hall–Kier alpha value is -1.72. The first-order valence-corrected chi connectivity index (χ1v) is 6.42. The molecule has 1 aromatic carbocycles. The number of methoxy groups -OCH3 is 1. The molecule has 1 atom stereocenters. The zero-order chi connectivity index (χ0) is 13.7. The number of hydrogen-bond acceptors (Lipinski definition) is 5. The fraction of sp³-hybridized carbons (Fsp3) is 0.429. The van der Waals surface area contributed by atoms with Crippen molar-refractivity contribution in [3.63, 3.8) is 0 Å². The number of nitrogens with zero attached hydrogens (tertiary/aromatic N) is 2. The van der Waals surface area contributed by atoms with Gasteiger partial charge in [0.1, 0.15) is 0 Å². The largest absolute Gasteiger partial charge is 0.385 e. The second-order valence-electron chi connectivity index (χ2n) is 4.39. The van der Waals surface area contributed by atoms with Crippen molar-refractivity contribution in [2.75, 3.05) is 13.7 Å². The molecule has 2 rings (SSSR count). The van der Waals surface area contributed by atoms with E-state index in [-0.39, 0.29) is 6.04 Å². The summed E-state index contributed by atoms with van der Waals surface area (Å²) < 4.78 is 10.2. The summed E-state index contributed by atoms with van der Waals surface area (Å²) in [6.07, 6.45) is 1.67. The number of benzene rings is 1. The van der Waals surface area contributed by atoms with Crippen LogP contribution in [0.2, 0.25) is 0 Å². The van der Waals surface area contributed by atoms with Gasteiger partial charge in [-0.3, -0.25) is 0 Å². The van der Waals surface area contributed by atoms with E-state index in [1.165, 1.54) is 5.56 Å². The minimum atomic E-state index is -0.281. The first kappa shape index (κ1) is 13.7. The number of aromatic nitrogens is 2. The molecule has 102 valence electrons. The van der Waals surface area contributed by atoms with Crippen LogP contribution in [0.25, 0.3) is 11.4 Å². The molecule has 0 saturated carbocycles. The van der Waals surface area contributed by atoms with Crippen LogP contribution < -0.4 is 5.73 Å². The van der Waals surface area contributed by atoms with Crippen molar-refractivity contribution in [2.45, 2.75) is 25.8 Å². The van der Waals surface area contributed by atoms with Crippen molar-refractivity contribution in [1.29, 1.82) is 0 Å². The number of nitrogens with two attached hydrogens (primary N) is 1. The summed E-state index contributed by atoms with van der Waals surface area (Å²) in [6, 6.07) is 7.84. The van der Waals surface area contributed by atoms with Crippen molar-refractivity contribution >= 4 is 0 Å². The average molecular weight is 261 g/mol. The van der Waals surface area contributed by atoms with Crippen LogP contribution in [0, 0.1) is 0 Å². The standard InChI is InChI=1S/C14H19N3O2/c1-3-10-4-6-11(7-5-10)13-16-14(19-17-13)12(15)8-9-18-2/h4-7,12H,3,8-9,15H2,1-2H3. The molecule has 0 fully saturated rings. The zero-order valence-corrected chi connectivity index (χ0v) is 11.3. The molecule has 0 aliphatic heterocycles. The lowest BCUT2D eigenvalue weighted by Crippen LogP contribution is -2.12. The second-order valence-corrected chi connectivity index (χ2v) is 4.39. The van der Waals surface area contributed by atoms with Gasteiger partial charge in [0.2, 0.25) is 11.7 Å². The van der Waals surface area contributed by atoms with E-state index in [0.29, 0.717) is 24.7 Å². The van der Waals surface area contributed by atoms with Crippen LogP contribution in [-0.2, 0) is 11.2 Å². The van der Waals surface area contributed by atoms with Gasteiger partial charge in [-0.2, -0.15) is 4.98 Å². The van der Waals surface area contributed by atoms with E-state index in [4.69, 9.17) is 15.0 Å². The fourth-order valence-corrected chi connectivity index (χ4v) is 1.76. The van der Waals surface area contributed by atoms with E-state index in [1.807, 2.05) is 12.1 Å². The normalized spacial score (nSPS) is 12.6. The van der Waals surface area contributed by atoms with E-state index >= 15 is 0 Å². The molecule has 0 radical (unpaired) electrons. The smallest absolute Gasteiger partial charge is 0.243 e. The summed E-state index contributed by atoms with van der Waals surface area (Å²) in [6.45, 7) is 2.69. The highest BCUT2D eigenvalue weighted by atomic mass is 16.5. The fourth-order valence-electron chi connectivity index (χ4n) is 1.76. The van der Waals surface area contributed by atoms with Crippen LogP contribution in [0.1, 0.15) is 30.8 Å². The maximum atomic E-state index is 5.94. The highest BCUT2D eigenvalue weighted by Crippen LogP contribution is 2.19. The van der Waals surface area contributed by atoms with Crippen molar-refractivity contribution in [3.8, 4) is 11.4 Å². The maximum absolute atomic E-state index is 5.94. The number of hydrogen-bond donors (Lipinski definition) is 1. The van der Waals surface area contributed by atoms with Crippen LogP contribution in [0.5, 0.6) is 0 Å². The highest BCUT2D eigenvalue weighted by Gasteiger charge is 2.15. The predicted octanol–water partition coefficient (Wildman–Crippen LogP) is 2.34. The minimum Gasteiger partial charge on any atom is -0.385 e. The Bertz CT molecular complexity index is 508. The molecule has 5 heteroatoms. The van der Waals surface area contributed by atoms with Crippen LogP contribution in [0.15, 0.2) is 28.8 Å². The van der Waals surface area contributed by atoms with Gasteiger partial charge in [0, 0.05) is 19.3 Å². The van der Waals surface area contributed by atoms with E-state index < -0.39 is 0 Å². The van der Waals surface area contributed by atoms with Gasteiger partial charge in [-0.05, 0) is 18.4 Å². The molecule has 0 amide bonds. The third kappa shape index (κ3) is 3.39. The first-order valence-electron chi connectivity index (χ1n) is 6.42. The van der Waals surface area contributed by atoms with Crippen LogP contribution in [0.3, 0.4) is 0 Å². The SMILES string of the molecule is CCc1ccc(-c2noc(C(N)CCOC)n2)cc1. The van der Waals surface area contributed by atoms with Gasteiger partial charge in [0.05, 0.1) is 6.04 Å². The molecule has 19 heavy (non-hydrogen) atoms. The first-order chi connectivity index (χ1) is 9.24. The van der Waals surface area contributed by atoms with Crippen LogP contribution in [0.4, 0.5) is 0 Å². The Labute approximate surface area is 112 Å². The molecule has 0 aliphatic rings. The van der Waals surface area contributed by atoms with E-state index in [2.05, 4.69) is 29.2 Å². The van der Waals surface area contributed by atoms with Crippen molar-refractivity contribution in [1.82, 2.24) is 10.1 Å². The van der Waals surface area contributed by atoms with E-state index in [1.54, 1.807) is 7.11 Å². The van der Waals surface area contributed by atoms with Gasteiger partial charge in [0.25, 0.3) is 0 Å². The summed E-state index contributed by atoms with van der Waals surface area (Å²) in [4.78, 5) is 4.33. The Morgan fingerprint density at radius 3 is 2.68 bits per heavy atom. The van der Waals surface area contributed by atoms with Gasteiger partial charge in [-0.15, -0.1) is 0 Å². The molecule has 0 bridgehead atoms. The highest BCUT2D eigenvalue weighted by molar-refractivity contribution is 5.54. The summed E-state index contributed by atoms with van der Waals surface area (Å²) >= 11 is 0. The quantitative estimate of drug-likeness (QED) is 0.863. The van der Waals surface area contributed by atoms with Crippen molar-refractivity contribution in [3.05, 3.63) is 35.7 Å². The molecule has 2 N–H and O–H groups in total. The molecule has 5 nitrogen and oxygen atoms in total. The number of aryl methyl sites for hydroxylation is 1. The lowest BCUT2D eigenvalue weighted by molar-refractivity contribution is 0.182. The van der Waals surface area contributed by atoms with Crippen LogP contribution >= 0.6 is 0 Å². The zero-order valence-electron chi connectivity index (χ0n) is 11.3. The Morgan fingerprint density at radius 2 is 2.05 bits per heavy atom. The molecule has 0 spiro atoms. The molecule has 1 unspecified atom stereocenters. The van der Waals surface area contributed by atoms with Crippen molar-refractivity contribution in [2.24, 2.45) is 5.73 Å². The summed E-state index contributed by atoms with van der Waals surface area (Å²) in [7, 11) is 1.64. The Balaban J connectivity index is 2.11. The minimum absolute atomic E-state index is 0.281. The molecule has 0 aliphatic carbocycles. The van der Waals surface area contributed by atoms with Gasteiger partial charge >= 0.3 is 0 Å². The van der Waals surface area contributed by atoms with Crippen LogP contribution in [-0.4, -0.2) is 23.9 Å². The molecular formula is C14H19N3O2. The number of ether oxygens (including phenoxy) is 1. The second kappa shape index (κ2) is 6.45.